The maximum Gasteiger partial charge on any atom is 0.135 e. The number of rotatable bonds is 9. The van der Waals surface area contributed by atoms with Gasteiger partial charge in [-0.25, -0.2) is 4.98 Å². The maximum absolute atomic E-state index is 6.75. The fourth-order valence-electron chi connectivity index (χ4n) is 12.5. The van der Waals surface area contributed by atoms with Gasteiger partial charge in [-0.1, -0.05) is 176 Å². The molecule has 5 nitrogen and oxygen atoms in total. The van der Waals surface area contributed by atoms with Crippen LogP contribution in [0.4, 0.5) is 22.7 Å². The molecule has 14 rings (SSSR count). The van der Waals surface area contributed by atoms with Crippen molar-refractivity contribution in [3.8, 4) is 28.4 Å². The van der Waals surface area contributed by atoms with Crippen LogP contribution in [0.1, 0.15) is 65.5 Å². The van der Waals surface area contributed by atoms with Crippen molar-refractivity contribution in [3.05, 3.63) is 283 Å². The van der Waals surface area contributed by atoms with Gasteiger partial charge in [0.15, 0.2) is 0 Å². The summed E-state index contributed by atoms with van der Waals surface area (Å²) in [6, 6.07) is 88.3. The van der Waals surface area contributed by atoms with Crippen molar-refractivity contribution < 1.29 is 25.8 Å². The number of pyridine rings is 1. The monoisotopic (exact) mass is 1120 g/mol. The van der Waals surface area contributed by atoms with E-state index >= 15 is 0 Å². The standard InChI is InChI=1S/C67H49N4O.Pt/c1-5-20-47(21-6-1)66(39-17-4-18-40-66)50-38-41-68-65(42-50)71-61-31-14-12-29-57(61)58-37-35-54(45-64(58)71)72-53-27-19-26-51(43-53)69-46-70(63-33-16-15-32-62(63)69)52-34-36-56-55-28-11-13-30-59(55)67(60(56)44-52,48-22-7-2-8-23-48)49-24-9-3-10-25-49;/h1-3,5-16,19-38,41-42,44,46H,4,17-18,39-40H2;/q-3;. The van der Waals surface area contributed by atoms with Crippen LogP contribution in [0.2, 0.25) is 0 Å². The molecule has 0 bridgehead atoms. The minimum Gasteiger partial charge on any atom is -0.509 e. The molecule has 3 heterocycles. The molecule has 0 radical (unpaired) electrons. The number of anilines is 4. The first-order valence-electron chi connectivity index (χ1n) is 25.2. The van der Waals surface area contributed by atoms with Crippen molar-refractivity contribution >= 4 is 44.6 Å². The summed E-state index contributed by atoms with van der Waals surface area (Å²) in [5, 5.41) is 2.25. The minimum absolute atomic E-state index is 0. The van der Waals surface area contributed by atoms with Gasteiger partial charge in [0.1, 0.15) is 5.82 Å². The number of aromatic nitrogens is 2. The van der Waals surface area contributed by atoms with Gasteiger partial charge in [-0.3, -0.25) is 0 Å². The molecule has 0 spiro atoms. The summed E-state index contributed by atoms with van der Waals surface area (Å²) in [6.45, 7) is 2.18. The van der Waals surface area contributed by atoms with Crippen molar-refractivity contribution in [3.63, 3.8) is 0 Å². The Bertz CT molecular complexity index is 3790. The molecule has 73 heavy (non-hydrogen) atoms. The van der Waals surface area contributed by atoms with Gasteiger partial charge in [0.05, 0.1) is 5.41 Å². The SMILES string of the molecule is [Pt].[c-]1c(Oc2[c-]c3c(cc2)c2ccccc2n3-c2cc(C3(c4ccccc4)CCCCC3)ccn2)cccc1N1[CH-]N(c2ccc3c(c2)C(c2ccccc2)(c2ccccc2)c2ccccc2-3)c2ccccc21. The second kappa shape index (κ2) is 18.3. The van der Waals surface area contributed by atoms with E-state index in [1.807, 2.05) is 24.4 Å². The second-order valence-electron chi connectivity index (χ2n) is 19.5. The number of hydrogen-bond donors (Lipinski definition) is 0. The summed E-state index contributed by atoms with van der Waals surface area (Å²) in [7, 11) is 0. The molecule has 0 atom stereocenters. The zero-order chi connectivity index (χ0) is 47.6. The third-order valence-electron chi connectivity index (χ3n) is 15.7. The molecular weight excluding hydrogens is 1070 g/mol. The molecule has 0 N–H and O–H groups in total. The summed E-state index contributed by atoms with van der Waals surface area (Å²) in [4.78, 5) is 9.58. The summed E-state index contributed by atoms with van der Waals surface area (Å²) in [6.07, 6.45) is 7.94. The Morgan fingerprint density at radius 1 is 0.479 bits per heavy atom. The number of hydrogen-bond acceptors (Lipinski definition) is 4. The Labute approximate surface area is 441 Å². The van der Waals surface area contributed by atoms with E-state index in [1.165, 1.54) is 63.8 Å². The molecule has 2 aromatic heterocycles. The summed E-state index contributed by atoms with van der Waals surface area (Å²) in [5.74, 6) is 2.09. The summed E-state index contributed by atoms with van der Waals surface area (Å²) >= 11 is 0. The summed E-state index contributed by atoms with van der Waals surface area (Å²) < 4.78 is 9.01. The maximum atomic E-state index is 6.75. The first-order chi connectivity index (χ1) is 35.7. The van der Waals surface area contributed by atoms with Gasteiger partial charge in [-0.05, 0) is 105 Å². The Morgan fingerprint density at radius 2 is 1.12 bits per heavy atom. The van der Waals surface area contributed by atoms with E-state index in [-0.39, 0.29) is 26.5 Å². The number of benzene rings is 9. The molecule has 2 aliphatic carbocycles. The molecule has 1 fully saturated rings. The van der Waals surface area contributed by atoms with E-state index in [9.17, 15) is 0 Å². The summed E-state index contributed by atoms with van der Waals surface area (Å²) in [5.41, 5.74) is 15.8. The van der Waals surface area contributed by atoms with Crippen LogP contribution in [0, 0.1) is 18.8 Å². The predicted molar refractivity (Wildman–Crippen MR) is 292 cm³/mol. The molecule has 0 unspecified atom stereocenters. The van der Waals surface area contributed by atoms with Gasteiger partial charge in [-0.15, -0.1) is 48.1 Å². The molecule has 3 aliphatic rings. The van der Waals surface area contributed by atoms with Gasteiger partial charge in [0, 0.05) is 66.8 Å². The van der Waals surface area contributed by atoms with E-state index < -0.39 is 5.41 Å². The van der Waals surface area contributed by atoms with Gasteiger partial charge < -0.3 is 19.1 Å². The molecule has 0 amide bonds. The van der Waals surface area contributed by atoms with Crippen LogP contribution >= 0.6 is 0 Å². The topological polar surface area (TPSA) is 33.5 Å². The van der Waals surface area contributed by atoms with Crippen molar-refractivity contribution in [2.45, 2.75) is 42.9 Å². The second-order valence-corrected chi connectivity index (χ2v) is 19.5. The van der Waals surface area contributed by atoms with Crippen LogP contribution in [0.25, 0.3) is 38.8 Å². The van der Waals surface area contributed by atoms with E-state index in [0.29, 0.717) is 11.5 Å². The minimum atomic E-state index is -0.502. The van der Waals surface area contributed by atoms with Gasteiger partial charge in [0.25, 0.3) is 0 Å². The van der Waals surface area contributed by atoms with Crippen molar-refractivity contribution in [2.75, 3.05) is 9.80 Å². The number of ether oxygens (including phenoxy) is 1. The zero-order valence-corrected chi connectivity index (χ0v) is 42.3. The quantitative estimate of drug-likeness (QED) is 0.135. The Morgan fingerprint density at radius 3 is 1.89 bits per heavy atom. The van der Waals surface area contributed by atoms with Crippen LogP contribution in [0.3, 0.4) is 0 Å². The van der Waals surface area contributed by atoms with Crippen LogP contribution < -0.4 is 14.5 Å². The molecule has 356 valence electrons. The molecular formula is C67H49N4OPt-3. The van der Waals surface area contributed by atoms with Crippen molar-refractivity contribution in [1.29, 1.82) is 0 Å². The number of fused-ring (bicyclic) bond motifs is 7. The van der Waals surface area contributed by atoms with E-state index in [1.54, 1.807) is 0 Å². The van der Waals surface area contributed by atoms with Gasteiger partial charge in [-0.2, -0.15) is 12.1 Å². The van der Waals surface area contributed by atoms with Crippen LogP contribution in [0.5, 0.6) is 11.5 Å². The number of nitrogens with zero attached hydrogens (tertiary/aromatic N) is 4. The molecule has 9 aromatic carbocycles. The first kappa shape index (κ1) is 44.9. The van der Waals surface area contributed by atoms with Crippen molar-refractivity contribution in [2.24, 2.45) is 0 Å². The third kappa shape index (κ3) is 7.19. The Kier molecular flexibility index (Phi) is 11.2. The van der Waals surface area contributed by atoms with Gasteiger partial charge in [0.2, 0.25) is 0 Å². The van der Waals surface area contributed by atoms with E-state index in [4.69, 9.17) is 9.72 Å². The fraction of sp³-hybridized carbons (Fsp3) is 0.104. The number of para-hydroxylation sites is 3. The largest absolute Gasteiger partial charge is 0.509 e. The van der Waals surface area contributed by atoms with Crippen molar-refractivity contribution in [1.82, 2.24) is 9.55 Å². The third-order valence-corrected chi connectivity index (χ3v) is 15.7. The van der Waals surface area contributed by atoms with Gasteiger partial charge >= 0.3 is 0 Å². The predicted octanol–water partition coefficient (Wildman–Crippen LogP) is 16.6. The molecule has 11 aromatic rings. The van der Waals surface area contributed by atoms with Crippen LogP contribution in [-0.4, -0.2) is 9.55 Å². The van der Waals surface area contributed by atoms with E-state index in [0.717, 1.165) is 63.2 Å². The Balaban J connectivity index is 0.00000516. The fourth-order valence-corrected chi connectivity index (χ4v) is 12.5. The van der Waals surface area contributed by atoms with E-state index in [2.05, 4.69) is 239 Å². The smallest absolute Gasteiger partial charge is 0.135 e. The molecule has 0 saturated heterocycles. The van der Waals surface area contributed by atoms with Crippen LogP contribution in [-0.2, 0) is 31.9 Å². The molecule has 1 saturated carbocycles. The normalized spacial score (nSPS) is 15.1. The molecule has 1 aliphatic heterocycles. The molecule has 6 heteroatoms. The first-order valence-corrected chi connectivity index (χ1v) is 25.2. The average Bonchev–Trinajstić information content (AvgIpc) is 4.11. The zero-order valence-electron chi connectivity index (χ0n) is 40.1. The average molecular weight is 1120 g/mol. The van der Waals surface area contributed by atoms with Crippen LogP contribution in [0.15, 0.2) is 231 Å². The Hall–Kier alpha value is -7.98.